The SMILES string of the molecule is C/C(=N/NC(=O)c1ccccc1)c1cc2cc(Br)cc(Br)c2oc1=O. The molecule has 0 saturated heterocycles. The lowest BCUT2D eigenvalue weighted by Gasteiger charge is -2.05. The minimum atomic E-state index is -0.522. The fourth-order valence-corrected chi connectivity index (χ4v) is 3.60. The highest BCUT2D eigenvalue weighted by molar-refractivity contribution is 9.11. The van der Waals surface area contributed by atoms with Crippen LogP contribution in [0.2, 0.25) is 0 Å². The van der Waals surface area contributed by atoms with E-state index in [0.29, 0.717) is 21.3 Å². The zero-order valence-electron chi connectivity index (χ0n) is 13.0. The Bertz CT molecular complexity index is 1040. The molecular weight excluding hydrogens is 452 g/mol. The normalized spacial score (nSPS) is 11.6. The van der Waals surface area contributed by atoms with Crippen LogP contribution in [0.3, 0.4) is 0 Å². The number of rotatable bonds is 3. The Hall–Kier alpha value is -2.25. The second-order valence-corrected chi connectivity index (χ2v) is 7.03. The molecule has 0 saturated carbocycles. The number of fused-ring (bicyclic) bond motifs is 1. The molecule has 0 aliphatic heterocycles. The summed E-state index contributed by atoms with van der Waals surface area (Å²) in [5, 5.41) is 4.75. The van der Waals surface area contributed by atoms with Crippen molar-refractivity contribution in [3.8, 4) is 0 Å². The fraction of sp³-hybridized carbons (Fsp3) is 0.0556. The van der Waals surface area contributed by atoms with Crippen molar-refractivity contribution in [1.82, 2.24) is 5.43 Å². The van der Waals surface area contributed by atoms with Gasteiger partial charge in [-0.1, -0.05) is 34.1 Å². The number of benzene rings is 2. The quantitative estimate of drug-likeness (QED) is 0.353. The molecule has 0 fully saturated rings. The Balaban J connectivity index is 1.94. The second kappa shape index (κ2) is 7.33. The van der Waals surface area contributed by atoms with Gasteiger partial charge in [-0.15, -0.1) is 0 Å². The Morgan fingerprint density at radius 3 is 2.56 bits per heavy atom. The molecule has 5 nitrogen and oxygen atoms in total. The predicted octanol–water partition coefficient (Wildman–Crippen LogP) is 4.47. The topological polar surface area (TPSA) is 71.7 Å². The molecule has 25 heavy (non-hydrogen) atoms. The highest BCUT2D eigenvalue weighted by Gasteiger charge is 2.12. The largest absolute Gasteiger partial charge is 0.421 e. The fourth-order valence-electron chi connectivity index (χ4n) is 2.26. The van der Waals surface area contributed by atoms with Crippen molar-refractivity contribution in [2.24, 2.45) is 5.10 Å². The van der Waals surface area contributed by atoms with E-state index in [-0.39, 0.29) is 11.5 Å². The van der Waals surface area contributed by atoms with E-state index in [1.807, 2.05) is 12.1 Å². The van der Waals surface area contributed by atoms with Crippen molar-refractivity contribution >= 4 is 54.4 Å². The summed E-state index contributed by atoms with van der Waals surface area (Å²) in [7, 11) is 0. The summed E-state index contributed by atoms with van der Waals surface area (Å²) in [5.41, 5.74) is 3.50. The Kier molecular flexibility index (Phi) is 5.15. The standard InChI is InChI=1S/C18H12Br2N2O3/c1-10(21-22-17(23)11-5-3-2-4-6-11)14-8-12-7-13(19)9-15(20)16(12)25-18(14)24/h2-9H,1H3,(H,22,23)/b21-10-. The molecule has 2 aromatic carbocycles. The van der Waals surface area contributed by atoms with Crippen molar-refractivity contribution in [2.45, 2.75) is 6.92 Å². The third kappa shape index (κ3) is 3.88. The molecule has 0 spiro atoms. The van der Waals surface area contributed by atoms with Gasteiger partial charge < -0.3 is 4.42 Å². The Morgan fingerprint density at radius 1 is 1.12 bits per heavy atom. The van der Waals surface area contributed by atoms with Crippen molar-refractivity contribution in [1.29, 1.82) is 0 Å². The lowest BCUT2D eigenvalue weighted by molar-refractivity contribution is 0.0955. The summed E-state index contributed by atoms with van der Waals surface area (Å²) >= 11 is 6.77. The van der Waals surface area contributed by atoms with Crippen LogP contribution in [0.4, 0.5) is 0 Å². The lowest BCUT2D eigenvalue weighted by Crippen LogP contribution is -2.21. The van der Waals surface area contributed by atoms with Crippen molar-refractivity contribution in [2.75, 3.05) is 0 Å². The molecule has 1 N–H and O–H groups in total. The molecule has 3 aromatic rings. The van der Waals surface area contributed by atoms with E-state index in [4.69, 9.17) is 4.42 Å². The molecule has 0 unspecified atom stereocenters. The van der Waals surface area contributed by atoms with Gasteiger partial charge in [-0.3, -0.25) is 4.79 Å². The van der Waals surface area contributed by atoms with Gasteiger partial charge in [0.05, 0.1) is 15.7 Å². The zero-order valence-corrected chi connectivity index (χ0v) is 16.2. The van der Waals surface area contributed by atoms with Gasteiger partial charge in [0.2, 0.25) is 0 Å². The maximum atomic E-state index is 12.2. The van der Waals surface area contributed by atoms with Crippen LogP contribution >= 0.6 is 31.9 Å². The van der Waals surface area contributed by atoms with Crippen molar-refractivity contribution < 1.29 is 9.21 Å². The van der Waals surface area contributed by atoms with Gasteiger partial charge in [0.25, 0.3) is 5.91 Å². The first-order chi connectivity index (χ1) is 12.0. The average molecular weight is 464 g/mol. The Morgan fingerprint density at radius 2 is 1.84 bits per heavy atom. The first-order valence-corrected chi connectivity index (χ1v) is 8.87. The van der Waals surface area contributed by atoms with Gasteiger partial charge in [-0.05, 0) is 53.2 Å². The number of amides is 1. The molecule has 7 heteroatoms. The summed E-state index contributed by atoms with van der Waals surface area (Å²) in [6.07, 6.45) is 0. The third-order valence-corrected chi connectivity index (χ3v) is 4.55. The number of halogens is 2. The van der Waals surface area contributed by atoms with Gasteiger partial charge in [-0.25, -0.2) is 10.2 Å². The van der Waals surface area contributed by atoms with Crippen LogP contribution in [0.5, 0.6) is 0 Å². The van der Waals surface area contributed by atoms with Crippen LogP contribution in [-0.2, 0) is 0 Å². The molecule has 1 heterocycles. The van der Waals surface area contributed by atoms with Crippen molar-refractivity contribution in [3.63, 3.8) is 0 Å². The number of carbonyl (C=O) groups excluding carboxylic acids is 1. The molecule has 0 aliphatic carbocycles. The summed E-state index contributed by atoms with van der Waals surface area (Å²) in [6.45, 7) is 1.64. The number of nitrogens with one attached hydrogen (secondary N) is 1. The molecule has 0 atom stereocenters. The highest BCUT2D eigenvalue weighted by Crippen LogP contribution is 2.28. The third-order valence-electron chi connectivity index (χ3n) is 3.50. The summed E-state index contributed by atoms with van der Waals surface area (Å²) in [4.78, 5) is 24.3. The molecular formula is C18H12Br2N2O3. The molecule has 3 rings (SSSR count). The number of hydrogen-bond donors (Lipinski definition) is 1. The van der Waals surface area contributed by atoms with Crippen LogP contribution in [-0.4, -0.2) is 11.6 Å². The molecule has 126 valence electrons. The van der Waals surface area contributed by atoms with E-state index < -0.39 is 5.63 Å². The van der Waals surface area contributed by atoms with Crippen LogP contribution in [0, 0.1) is 0 Å². The van der Waals surface area contributed by atoms with Crippen molar-refractivity contribution in [3.05, 3.63) is 79.0 Å². The van der Waals surface area contributed by atoms with Crippen LogP contribution in [0.1, 0.15) is 22.8 Å². The van der Waals surface area contributed by atoms with Crippen LogP contribution < -0.4 is 11.1 Å². The zero-order chi connectivity index (χ0) is 18.0. The average Bonchev–Trinajstić information content (AvgIpc) is 2.60. The van der Waals surface area contributed by atoms with Gasteiger partial charge in [0, 0.05) is 15.4 Å². The minimum absolute atomic E-state index is 0.283. The summed E-state index contributed by atoms with van der Waals surface area (Å²) < 4.78 is 6.89. The number of carbonyl (C=O) groups is 1. The monoisotopic (exact) mass is 462 g/mol. The first-order valence-electron chi connectivity index (χ1n) is 7.28. The van der Waals surface area contributed by atoms with E-state index in [1.165, 1.54) is 0 Å². The number of hydrogen-bond acceptors (Lipinski definition) is 4. The Labute approximate surface area is 160 Å². The highest BCUT2D eigenvalue weighted by atomic mass is 79.9. The van der Waals surface area contributed by atoms with Gasteiger partial charge >= 0.3 is 5.63 Å². The minimum Gasteiger partial charge on any atom is -0.421 e. The van der Waals surface area contributed by atoms with Gasteiger partial charge in [-0.2, -0.15) is 5.10 Å². The van der Waals surface area contributed by atoms with E-state index in [1.54, 1.807) is 43.3 Å². The maximum absolute atomic E-state index is 12.2. The van der Waals surface area contributed by atoms with Gasteiger partial charge in [0.1, 0.15) is 0 Å². The predicted molar refractivity (Wildman–Crippen MR) is 104 cm³/mol. The maximum Gasteiger partial charge on any atom is 0.345 e. The summed E-state index contributed by atoms with van der Waals surface area (Å²) in [6, 6.07) is 14.0. The molecule has 1 aromatic heterocycles. The second-order valence-electron chi connectivity index (χ2n) is 5.26. The smallest absolute Gasteiger partial charge is 0.345 e. The van der Waals surface area contributed by atoms with E-state index in [2.05, 4.69) is 42.4 Å². The van der Waals surface area contributed by atoms with Crippen LogP contribution in [0.15, 0.2) is 71.8 Å². The molecule has 0 radical (unpaired) electrons. The first kappa shape index (κ1) is 17.6. The molecule has 0 bridgehead atoms. The van der Waals surface area contributed by atoms with E-state index in [9.17, 15) is 9.59 Å². The summed E-state index contributed by atoms with van der Waals surface area (Å²) in [5.74, 6) is -0.351. The number of hydrazone groups is 1. The van der Waals surface area contributed by atoms with Crippen LogP contribution in [0.25, 0.3) is 11.0 Å². The molecule has 0 aliphatic rings. The van der Waals surface area contributed by atoms with Gasteiger partial charge in [0.15, 0.2) is 5.58 Å². The molecule has 1 amide bonds. The number of nitrogens with zero attached hydrogens (tertiary/aromatic N) is 1. The lowest BCUT2D eigenvalue weighted by atomic mass is 10.1. The van der Waals surface area contributed by atoms with E-state index >= 15 is 0 Å². The van der Waals surface area contributed by atoms with E-state index in [0.717, 1.165) is 9.86 Å².